The van der Waals surface area contributed by atoms with Crippen molar-refractivity contribution in [1.82, 2.24) is 0 Å². The maximum absolute atomic E-state index is 4.40. The van der Waals surface area contributed by atoms with Gasteiger partial charge < -0.3 is 0 Å². The van der Waals surface area contributed by atoms with E-state index in [2.05, 4.69) is 30.6 Å². The molecule has 0 aliphatic heterocycles. The molecule has 1 heteroatoms. The van der Waals surface area contributed by atoms with Crippen LogP contribution < -0.4 is 0 Å². The van der Waals surface area contributed by atoms with Crippen LogP contribution in [0.3, 0.4) is 0 Å². The number of hydrogen-bond acceptors (Lipinski definition) is 1. The minimum atomic E-state index is 0.655. The molecule has 0 fully saturated rings. The number of aliphatic imine (C=N–C) groups is 1. The lowest BCUT2D eigenvalue weighted by Gasteiger charge is -2.02. The molecular formula is C14H19N. The van der Waals surface area contributed by atoms with Crippen LogP contribution in [0.2, 0.25) is 0 Å². The molecule has 0 aliphatic rings. The van der Waals surface area contributed by atoms with Gasteiger partial charge in [-0.25, -0.2) is 0 Å². The fourth-order valence-electron chi connectivity index (χ4n) is 1.39. The molecule has 1 atom stereocenters. The molecule has 0 spiro atoms. The quantitative estimate of drug-likeness (QED) is 0.489. The Bertz CT molecular complexity index is 300. The Morgan fingerprint density at radius 2 is 2.00 bits per heavy atom. The van der Waals surface area contributed by atoms with Crippen molar-refractivity contribution in [2.45, 2.75) is 26.3 Å². The first-order chi connectivity index (χ1) is 7.33. The van der Waals surface area contributed by atoms with Gasteiger partial charge in [0.25, 0.3) is 0 Å². The number of nitrogens with zero attached hydrogens (tertiary/aromatic N) is 1. The zero-order valence-corrected chi connectivity index (χ0v) is 9.39. The van der Waals surface area contributed by atoms with Crippen molar-refractivity contribution in [1.29, 1.82) is 0 Å². The predicted molar refractivity (Wildman–Crippen MR) is 67.2 cm³/mol. The van der Waals surface area contributed by atoms with E-state index < -0.39 is 0 Å². The van der Waals surface area contributed by atoms with Gasteiger partial charge in [-0.15, -0.1) is 6.58 Å². The standard InChI is InChI=1S/C14H19N/c1-3-7-13(2)10-11-15-12-14-8-5-4-6-9-14/h3-6,8-9,11,13H,1,7,10,12H2,2H3. The van der Waals surface area contributed by atoms with Gasteiger partial charge in [-0.3, -0.25) is 4.99 Å². The third-order valence-corrected chi connectivity index (χ3v) is 2.32. The monoisotopic (exact) mass is 201 g/mol. The average molecular weight is 201 g/mol. The van der Waals surface area contributed by atoms with Crippen LogP contribution >= 0.6 is 0 Å². The smallest absolute Gasteiger partial charge is 0.0635 e. The van der Waals surface area contributed by atoms with Gasteiger partial charge in [-0.1, -0.05) is 43.3 Å². The van der Waals surface area contributed by atoms with Crippen LogP contribution in [0.25, 0.3) is 0 Å². The van der Waals surface area contributed by atoms with E-state index in [0.717, 1.165) is 19.4 Å². The zero-order chi connectivity index (χ0) is 10.9. The topological polar surface area (TPSA) is 12.4 Å². The summed E-state index contributed by atoms with van der Waals surface area (Å²) in [4.78, 5) is 4.40. The SMILES string of the molecule is C=CCC(C)CC=NCc1ccccc1. The molecule has 0 N–H and O–H groups in total. The van der Waals surface area contributed by atoms with Crippen LogP contribution in [0.1, 0.15) is 25.3 Å². The van der Waals surface area contributed by atoms with E-state index >= 15 is 0 Å². The molecule has 15 heavy (non-hydrogen) atoms. The Labute approximate surface area is 92.6 Å². The van der Waals surface area contributed by atoms with Gasteiger partial charge in [0, 0.05) is 0 Å². The Hall–Kier alpha value is -1.37. The summed E-state index contributed by atoms with van der Waals surface area (Å²) in [7, 11) is 0. The fraction of sp³-hybridized carbons (Fsp3) is 0.357. The van der Waals surface area contributed by atoms with Crippen molar-refractivity contribution in [3.63, 3.8) is 0 Å². The van der Waals surface area contributed by atoms with E-state index in [1.54, 1.807) is 0 Å². The molecule has 1 aromatic rings. The van der Waals surface area contributed by atoms with Crippen LogP contribution in [0.4, 0.5) is 0 Å². The van der Waals surface area contributed by atoms with Gasteiger partial charge in [0.1, 0.15) is 0 Å². The summed E-state index contributed by atoms with van der Waals surface area (Å²) < 4.78 is 0. The van der Waals surface area contributed by atoms with E-state index in [0.29, 0.717) is 5.92 Å². The van der Waals surface area contributed by atoms with Gasteiger partial charge in [0.2, 0.25) is 0 Å². The highest BCUT2D eigenvalue weighted by Crippen LogP contribution is 2.06. The van der Waals surface area contributed by atoms with Crippen LogP contribution in [0, 0.1) is 5.92 Å². The third kappa shape index (κ3) is 5.16. The first kappa shape index (κ1) is 11.7. The minimum absolute atomic E-state index is 0.655. The first-order valence-corrected chi connectivity index (χ1v) is 5.46. The minimum Gasteiger partial charge on any atom is -0.293 e. The molecule has 0 amide bonds. The van der Waals surface area contributed by atoms with Crippen LogP contribution in [0.15, 0.2) is 48.0 Å². The highest BCUT2D eigenvalue weighted by Gasteiger charge is 1.95. The van der Waals surface area contributed by atoms with E-state index in [1.165, 1.54) is 5.56 Å². The maximum atomic E-state index is 4.40. The highest BCUT2D eigenvalue weighted by molar-refractivity contribution is 5.57. The Kier molecular flexibility index (Phi) is 5.46. The molecular weight excluding hydrogens is 182 g/mol. The number of allylic oxidation sites excluding steroid dienone is 1. The van der Waals surface area contributed by atoms with E-state index in [4.69, 9.17) is 0 Å². The second-order valence-corrected chi connectivity index (χ2v) is 3.87. The van der Waals surface area contributed by atoms with Crippen molar-refractivity contribution in [3.05, 3.63) is 48.6 Å². The summed E-state index contributed by atoms with van der Waals surface area (Å²) >= 11 is 0. The zero-order valence-electron chi connectivity index (χ0n) is 9.39. The molecule has 1 unspecified atom stereocenters. The van der Waals surface area contributed by atoms with Crippen molar-refractivity contribution in [3.8, 4) is 0 Å². The molecule has 0 radical (unpaired) electrons. The van der Waals surface area contributed by atoms with Crippen molar-refractivity contribution < 1.29 is 0 Å². The van der Waals surface area contributed by atoms with Gasteiger partial charge in [-0.2, -0.15) is 0 Å². The van der Waals surface area contributed by atoms with Crippen molar-refractivity contribution in [2.75, 3.05) is 0 Å². The van der Waals surface area contributed by atoms with Crippen LogP contribution in [-0.2, 0) is 6.54 Å². The molecule has 0 saturated carbocycles. The highest BCUT2D eigenvalue weighted by atomic mass is 14.7. The molecule has 1 nitrogen and oxygen atoms in total. The van der Waals surface area contributed by atoms with Crippen LogP contribution in [-0.4, -0.2) is 6.21 Å². The lowest BCUT2D eigenvalue weighted by Crippen LogP contribution is -1.93. The van der Waals surface area contributed by atoms with E-state index in [-0.39, 0.29) is 0 Å². The third-order valence-electron chi connectivity index (χ3n) is 2.32. The normalized spacial score (nSPS) is 12.9. The van der Waals surface area contributed by atoms with Gasteiger partial charge >= 0.3 is 0 Å². The molecule has 0 heterocycles. The van der Waals surface area contributed by atoms with Gasteiger partial charge in [0.05, 0.1) is 6.54 Å². The Morgan fingerprint density at radius 3 is 2.67 bits per heavy atom. The van der Waals surface area contributed by atoms with E-state index in [9.17, 15) is 0 Å². The van der Waals surface area contributed by atoms with Crippen molar-refractivity contribution in [2.24, 2.45) is 10.9 Å². The second kappa shape index (κ2) is 6.99. The lowest BCUT2D eigenvalue weighted by molar-refractivity contribution is 0.625. The summed E-state index contributed by atoms with van der Waals surface area (Å²) in [6, 6.07) is 10.3. The fourth-order valence-corrected chi connectivity index (χ4v) is 1.39. The van der Waals surface area contributed by atoms with Gasteiger partial charge in [-0.05, 0) is 30.5 Å². The average Bonchev–Trinajstić information content (AvgIpc) is 2.26. The molecule has 0 aliphatic carbocycles. The molecule has 1 rings (SSSR count). The lowest BCUT2D eigenvalue weighted by atomic mass is 10.1. The summed E-state index contributed by atoms with van der Waals surface area (Å²) in [5, 5.41) is 0. The molecule has 0 saturated heterocycles. The first-order valence-electron chi connectivity index (χ1n) is 5.46. The van der Waals surface area contributed by atoms with Crippen LogP contribution in [0.5, 0.6) is 0 Å². The second-order valence-electron chi connectivity index (χ2n) is 3.87. The molecule has 0 aromatic heterocycles. The Morgan fingerprint density at radius 1 is 1.27 bits per heavy atom. The number of rotatable bonds is 6. The summed E-state index contributed by atoms with van der Waals surface area (Å²) in [6.07, 6.45) is 6.10. The van der Waals surface area contributed by atoms with Crippen molar-refractivity contribution >= 4 is 6.21 Å². The largest absolute Gasteiger partial charge is 0.293 e. The predicted octanol–water partition coefficient (Wildman–Crippen LogP) is 3.86. The summed E-state index contributed by atoms with van der Waals surface area (Å²) in [5.41, 5.74) is 1.27. The van der Waals surface area contributed by atoms with Gasteiger partial charge in [0.15, 0.2) is 0 Å². The molecule has 1 aromatic carbocycles. The summed E-state index contributed by atoms with van der Waals surface area (Å²) in [5.74, 6) is 0.655. The maximum Gasteiger partial charge on any atom is 0.0635 e. The number of benzene rings is 1. The Balaban J connectivity index is 2.25. The van der Waals surface area contributed by atoms with E-state index in [1.807, 2.05) is 30.5 Å². The molecule has 0 bridgehead atoms. The summed E-state index contributed by atoms with van der Waals surface area (Å²) in [6.45, 7) is 6.74. The number of hydrogen-bond donors (Lipinski definition) is 0. The molecule has 80 valence electrons.